The Morgan fingerprint density at radius 1 is 1.17 bits per heavy atom. The van der Waals surface area contributed by atoms with Gasteiger partial charge >= 0.3 is 0 Å². The number of hydrogen-bond acceptors (Lipinski definition) is 4. The van der Waals surface area contributed by atoms with E-state index in [0.717, 1.165) is 16.3 Å². The van der Waals surface area contributed by atoms with Crippen LogP contribution in [0.15, 0.2) is 59.8 Å². The van der Waals surface area contributed by atoms with Gasteiger partial charge in [-0.05, 0) is 16.3 Å². The van der Waals surface area contributed by atoms with Crippen molar-refractivity contribution in [2.45, 2.75) is 11.3 Å². The highest BCUT2D eigenvalue weighted by molar-refractivity contribution is 7.90. The molecule has 7 heteroatoms. The molecule has 23 heavy (non-hydrogen) atoms. The van der Waals surface area contributed by atoms with Gasteiger partial charge in [0.15, 0.2) is 0 Å². The average Bonchev–Trinajstić information content (AvgIpc) is 2.94. The first-order valence-corrected chi connectivity index (χ1v) is 8.44. The predicted octanol–water partition coefficient (Wildman–Crippen LogP) is 1.62. The molecular weight excluding hydrogens is 314 g/mol. The molecule has 1 amide bonds. The molecule has 1 heterocycles. The molecule has 1 aromatic heterocycles. The second-order valence-electron chi connectivity index (χ2n) is 5.24. The standard InChI is InChI=1S/C16H15N3O3S/c1-19-11-15(10-17-19)23(21,22)18-16(20)9-12-6-7-13-4-2-3-5-14(13)8-12/h2-8,10-11H,9H2,1H3,(H,18,20). The molecule has 0 aliphatic carbocycles. The zero-order chi connectivity index (χ0) is 16.4. The molecule has 0 atom stereocenters. The topological polar surface area (TPSA) is 81.1 Å². The number of sulfonamides is 1. The Kier molecular flexibility index (Phi) is 3.87. The van der Waals surface area contributed by atoms with Crippen molar-refractivity contribution in [1.82, 2.24) is 14.5 Å². The van der Waals surface area contributed by atoms with Crippen LogP contribution in [0.1, 0.15) is 5.56 Å². The minimum absolute atomic E-state index is 0.00960. The molecule has 0 fully saturated rings. The van der Waals surface area contributed by atoms with Crippen LogP contribution in [0.2, 0.25) is 0 Å². The fourth-order valence-electron chi connectivity index (χ4n) is 2.32. The number of aromatic nitrogens is 2. The van der Waals surface area contributed by atoms with Crippen LogP contribution in [-0.4, -0.2) is 24.1 Å². The fourth-order valence-corrected chi connectivity index (χ4v) is 3.28. The molecule has 0 saturated carbocycles. The van der Waals surface area contributed by atoms with Gasteiger partial charge in [0.25, 0.3) is 10.0 Å². The van der Waals surface area contributed by atoms with Gasteiger partial charge < -0.3 is 0 Å². The summed E-state index contributed by atoms with van der Waals surface area (Å²) in [6, 6.07) is 13.4. The van der Waals surface area contributed by atoms with Crippen LogP contribution in [0, 0.1) is 0 Å². The maximum Gasteiger partial charge on any atom is 0.267 e. The molecule has 118 valence electrons. The lowest BCUT2D eigenvalue weighted by atomic mass is 10.1. The fraction of sp³-hybridized carbons (Fsp3) is 0.125. The van der Waals surface area contributed by atoms with Crippen LogP contribution < -0.4 is 4.72 Å². The molecule has 0 spiro atoms. The van der Waals surface area contributed by atoms with Gasteiger partial charge in [-0.25, -0.2) is 13.1 Å². The van der Waals surface area contributed by atoms with E-state index < -0.39 is 15.9 Å². The summed E-state index contributed by atoms with van der Waals surface area (Å²) in [5.74, 6) is -0.580. The van der Waals surface area contributed by atoms with E-state index in [9.17, 15) is 13.2 Å². The van der Waals surface area contributed by atoms with Gasteiger partial charge in [-0.15, -0.1) is 0 Å². The van der Waals surface area contributed by atoms with E-state index in [0.29, 0.717) is 0 Å². The van der Waals surface area contributed by atoms with Crippen molar-refractivity contribution in [3.8, 4) is 0 Å². The van der Waals surface area contributed by atoms with Crippen molar-refractivity contribution < 1.29 is 13.2 Å². The van der Waals surface area contributed by atoms with E-state index >= 15 is 0 Å². The first-order valence-electron chi connectivity index (χ1n) is 6.96. The zero-order valence-electron chi connectivity index (χ0n) is 12.4. The Labute approximate surface area is 133 Å². The first kappa shape index (κ1) is 15.2. The quantitative estimate of drug-likeness (QED) is 0.789. The Morgan fingerprint density at radius 3 is 2.61 bits per heavy atom. The smallest absolute Gasteiger partial charge is 0.267 e. The number of aryl methyl sites for hydroxylation is 1. The highest BCUT2D eigenvalue weighted by Gasteiger charge is 2.19. The van der Waals surface area contributed by atoms with Gasteiger partial charge in [0.1, 0.15) is 4.90 Å². The number of rotatable bonds is 4. The molecule has 0 bridgehead atoms. The molecule has 0 saturated heterocycles. The number of nitrogens with one attached hydrogen (secondary N) is 1. The lowest BCUT2D eigenvalue weighted by Crippen LogP contribution is -2.31. The van der Waals surface area contributed by atoms with E-state index in [1.807, 2.05) is 42.5 Å². The largest absolute Gasteiger partial charge is 0.274 e. The number of carbonyl (C=O) groups is 1. The Bertz CT molecular complexity index is 977. The van der Waals surface area contributed by atoms with Crippen LogP contribution in [0.3, 0.4) is 0 Å². The number of fused-ring (bicyclic) bond motifs is 1. The molecule has 0 radical (unpaired) electrons. The molecule has 0 aliphatic rings. The van der Waals surface area contributed by atoms with Crippen LogP contribution in [0.5, 0.6) is 0 Å². The van der Waals surface area contributed by atoms with E-state index in [1.165, 1.54) is 17.1 Å². The van der Waals surface area contributed by atoms with Crippen molar-refractivity contribution in [3.05, 3.63) is 60.4 Å². The molecule has 3 rings (SSSR count). The zero-order valence-corrected chi connectivity index (χ0v) is 13.2. The molecular formula is C16H15N3O3S. The second-order valence-corrected chi connectivity index (χ2v) is 6.92. The maximum absolute atomic E-state index is 12.1. The first-order chi connectivity index (χ1) is 10.9. The van der Waals surface area contributed by atoms with E-state index in [1.54, 1.807) is 7.05 Å². The normalized spacial score (nSPS) is 11.5. The molecule has 0 aliphatic heterocycles. The summed E-state index contributed by atoms with van der Waals surface area (Å²) in [5.41, 5.74) is 0.752. The number of nitrogens with zero attached hydrogens (tertiary/aromatic N) is 2. The van der Waals surface area contributed by atoms with E-state index in [2.05, 4.69) is 9.82 Å². The van der Waals surface area contributed by atoms with Crippen molar-refractivity contribution >= 4 is 26.7 Å². The van der Waals surface area contributed by atoms with Gasteiger partial charge in [-0.1, -0.05) is 42.5 Å². The summed E-state index contributed by atoms with van der Waals surface area (Å²) in [6.07, 6.45) is 2.53. The van der Waals surface area contributed by atoms with Crippen LogP contribution in [0.25, 0.3) is 10.8 Å². The lowest BCUT2D eigenvalue weighted by Gasteiger charge is -2.06. The van der Waals surface area contributed by atoms with Crippen LogP contribution in [-0.2, 0) is 28.3 Å². The Morgan fingerprint density at radius 2 is 1.91 bits per heavy atom. The second kappa shape index (κ2) is 5.85. The molecule has 0 unspecified atom stereocenters. The van der Waals surface area contributed by atoms with Crippen LogP contribution >= 0.6 is 0 Å². The van der Waals surface area contributed by atoms with Gasteiger partial charge in [-0.2, -0.15) is 5.10 Å². The SMILES string of the molecule is Cn1cc(S(=O)(=O)NC(=O)Cc2ccc3ccccc3c2)cn1. The van der Waals surface area contributed by atoms with Gasteiger partial charge in [0.05, 0.1) is 12.6 Å². The maximum atomic E-state index is 12.1. The van der Waals surface area contributed by atoms with Crippen molar-refractivity contribution in [2.24, 2.45) is 7.05 Å². The van der Waals surface area contributed by atoms with Crippen molar-refractivity contribution in [3.63, 3.8) is 0 Å². The summed E-state index contributed by atoms with van der Waals surface area (Å²) in [4.78, 5) is 12.0. The Balaban J connectivity index is 1.75. The van der Waals surface area contributed by atoms with Gasteiger partial charge in [0.2, 0.25) is 5.91 Å². The summed E-state index contributed by atoms with van der Waals surface area (Å²) in [5, 5.41) is 5.87. The number of benzene rings is 2. The monoisotopic (exact) mass is 329 g/mol. The molecule has 6 nitrogen and oxygen atoms in total. The Hall–Kier alpha value is -2.67. The summed E-state index contributed by atoms with van der Waals surface area (Å²) in [7, 11) is -2.28. The predicted molar refractivity (Wildman–Crippen MR) is 86.2 cm³/mol. The van der Waals surface area contributed by atoms with E-state index in [4.69, 9.17) is 0 Å². The minimum Gasteiger partial charge on any atom is -0.274 e. The number of carbonyl (C=O) groups excluding carboxylic acids is 1. The molecule has 2 aromatic carbocycles. The highest BCUT2D eigenvalue weighted by Crippen LogP contribution is 2.16. The van der Waals surface area contributed by atoms with Crippen molar-refractivity contribution in [2.75, 3.05) is 0 Å². The third-order valence-electron chi connectivity index (χ3n) is 3.42. The lowest BCUT2D eigenvalue weighted by molar-refractivity contribution is -0.118. The third-order valence-corrected chi connectivity index (χ3v) is 4.75. The average molecular weight is 329 g/mol. The number of amides is 1. The molecule has 3 aromatic rings. The highest BCUT2D eigenvalue weighted by atomic mass is 32.2. The van der Waals surface area contributed by atoms with Gasteiger partial charge in [-0.3, -0.25) is 9.48 Å². The summed E-state index contributed by atoms with van der Waals surface area (Å²) < 4.78 is 27.6. The van der Waals surface area contributed by atoms with Gasteiger partial charge in [0, 0.05) is 13.2 Å². The molecule has 1 N–H and O–H groups in total. The van der Waals surface area contributed by atoms with E-state index in [-0.39, 0.29) is 11.3 Å². The van der Waals surface area contributed by atoms with Crippen molar-refractivity contribution in [1.29, 1.82) is 0 Å². The minimum atomic E-state index is -3.88. The summed E-state index contributed by atoms with van der Waals surface area (Å²) >= 11 is 0. The summed E-state index contributed by atoms with van der Waals surface area (Å²) in [6.45, 7) is 0. The number of hydrogen-bond donors (Lipinski definition) is 1. The van der Waals surface area contributed by atoms with Crippen LogP contribution in [0.4, 0.5) is 0 Å². The third kappa shape index (κ3) is 3.40.